The number of hydrogen-bond acceptors (Lipinski definition) is 3. The van der Waals surface area contributed by atoms with Crippen molar-refractivity contribution in [3.05, 3.63) is 71.3 Å². The number of amides is 2. The van der Waals surface area contributed by atoms with Gasteiger partial charge >= 0.3 is 0 Å². The molecule has 1 fully saturated rings. The minimum atomic E-state index is -0.442. The van der Waals surface area contributed by atoms with Crippen LogP contribution in [0.15, 0.2) is 54.6 Å². The Morgan fingerprint density at radius 3 is 2.44 bits per heavy atom. The lowest BCUT2D eigenvalue weighted by Crippen LogP contribution is -2.52. The highest BCUT2D eigenvalue weighted by Gasteiger charge is 2.30. The zero-order chi connectivity index (χ0) is 22.8. The topological polar surface area (TPSA) is 49.4 Å². The third-order valence-electron chi connectivity index (χ3n) is 6.11. The van der Waals surface area contributed by atoms with Crippen molar-refractivity contribution in [3.63, 3.8) is 0 Å². The average Bonchev–Trinajstić information content (AvgIpc) is 2.80. The fourth-order valence-electron chi connectivity index (χ4n) is 4.38. The van der Waals surface area contributed by atoms with E-state index in [1.807, 2.05) is 37.3 Å². The first-order valence-electron chi connectivity index (χ1n) is 11.8. The molecule has 0 heterocycles. The quantitative estimate of drug-likeness (QED) is 0.519. The monoisotopic (exact) mass is 452 g/mol. The zero-order valence-corrected chi connectivity index (χ0v) is 20.2. The standard InChI is InChI=1S/C27H36N2O2S/c1-3-25(27(31)28-24-15-8-5-9-16-24)29(18-23-14-10-11-21(2)17-23)26(30)20-32-19-22-12-6-4-7-13-22/h4,6-7,10-14,17,24-25H,3,5,8-9,15-16,18-20H2,1-2H3,(H,28,31)/t25-/m0/s1. The first-order valence-corrected chi connectivity index (χ1v) is 13.0. The Balaban J connectivity index is 1.70. The molecule has 2 amide bonds. The predicted octanol–water partition coefficient (Wildman–Crippen LogP) is 5.48. The summed E-state index contributed by atoms with van der Waals surface area (Å²) in [5, 5.41) is 3.24. The summed E-state index contributed by atoms with van der Waals surface area (Å²) in [4.78, 5) is 28.4. The molecule has 32 heavy (non-hydrogen) atoms. The summed E-state index contributed by atoms with van der Waals surface area (Å²) in [6.07, 6.45) is 6.29. The zero-order valence-electron chi connectivity index (χ0n) is 19.4. The van der Waals surface area contributed by atoms with Gasteiger partial charge in [0, 0.05) is 18.3 Å². The van der Waals surface area contributed by atoms with Crippen molar-refractivity contribution in [1.82, 2.24) is 10.2 Å². The molecule has 1 aliphatic carbocycles. The van der Waals surface area contributed by atoms with Crippen molar-refractivity contribution in [3.8, 4) is 0 Å². The van der Waals surface area contributed by atoms with Crippen molar-refractivity contribution < 1.29 is 9.59 Å². The van der Waals surface area contributed by atoms with Crippen LogP contribution in [0.5, 0.6) is 0 Å². The number of nitrogens with zero attached hydrogens (tertiary/aromatic N) is 1. The second-order valence-electron chi connectivity index (χ2n) is 8.76. The third kappa shape index (κ3) is 7.40. The van der Waals surface area contributed by atoms with E-state index in [0.29, 0.717) is 18.7 Å². The Morgan fingerprint density at radius 1 is 1.03 bits per heavy atom. The van der Waals surface area contributed by atoms with E-state index in [1.54, 1.807) is 16.7 Å². The van der Waals surface area contributed by atoms with Gasteiger partial charge in [-0.05, 0) is 37.3 Å². The highest BCUT2D eigenvalue weighted by atomic mass is 32.2. The Bertz CT molecular complexity index is 865. The van der Waals surface area contributed by atoms with Gasteiger partial charge in [-0.15, -0.1) is 11.8 Å². The van der Waals surface area contributed by atoms with Crippen molar-refractivity contribution in [2.75, 3.05) is 5.75 Å². The van der Waals surface area contributed by atoms with Gasteiger partial charge < -0.3 is 10.2 Å². The first-order chi connectivity index (χ1) is 15.6. The molecule has 0 unspecified atom stereocenters. The molecule has 0 spiro atoms. The minimum absolute atomic E-state index is 0.00605. The van der Waals surface area contributed by atoms with Crippen LogP contribution in [-0.4, -0.2) is 34.6 Å². The maximum absolute atomic E-state index is 13.3. The second-order valence-corrected chi connectivity index (χ2v) is 9.74. The van der Waals surface area contributed by atoms with Crippen LogP contribution in [0.25, 0.3) is 0 Å². The maximum Gasteiger partial charge on any atom is 0.243 e. The van der Waals surface area contributed by atoms with Crippen LogP contribution in [0.2, 0.25) is 0 Å². The Labute approximate surface area is 197 Å². The number of nitrogens with one attached hydrogen (secondary N) is 1. The molecule has 0 radical (unpaired) electrons. The molecular formula is C27H36N2O2S. The first kappa shape index (κ1) is 24.4. The Hall–Kier alpha value is -2.27. The van der Waals surface area contributed by atoms with E-state index in [0.717, 1.165) is 29.7 Å². The number of thioether (sulfide) groups is 1. The molecule has 0 saturated heterocycles. The number of carbonyl (C=O) groups is 2. The van der Waals surface area contributed by atoms with Gasteiger partial charge in [-0.3, -0.25) is 9.59 Å². The summed E-state index contributed by atoms with van der Waals surface area (Å²) in [7, 11) is 0. The fourth-order valence-corrected chi connectivity index (χ4v) is 5.25. The van der Waals surface area contributed by atoms with E-state index in [4.69, 9.17) is 0 Å². The molecule has 1 N–H and O–H groups in total. The van der Waals surface area contributed by atoms with Crippen molar-refractivity contribution in [2.45, 2.75) is 76.8 Å². The van der Waals surface area contributed by atoms with E-state index in [1.165, 1.54) is 24.8 Å². The van der Waals surface area contributed by atoms with Crippen LogP contribution >= 0.6 is 11.8 Å². The van der Waals surface area contributed by atoms with Gasteiger partial charge in [-0.2, -0.15) is 0 Å². The largest absolute Gasteiger partial charge is 0.352 e. The van der Waals surface area contributed by atoms with Crippen LogP contribution in [0.4, 0.5) is 0 Å². The highest BCUT2D eigenvalue weighted by molar-refractivity contribution is 7.99. The van der Waals surface area contributed by atoms with E-state index < -0.39 is 6.04 Å². The Morgan fingerprint density at radius 2 is 1.75 bits per heavy atom. The lowest BCUT2D eigenvalue weighted by Gasteiger charge is -2.33. The molecule has 4 nitrogen and oxygen atoms in total. The van der Waals surface area contributed by atoms with Gasteiger partial charge in [0.15, 0.2) is 0 Å². The van der Waals surface area contributed by atoms with Gasteiger partial charge in [-0.1, -0.05) is 86.3 Å². The molecule has 2 aromatic carbocycles. The number of hydrogen-bond donors (Lipinski definition) is 1. The molecule has 172 valence electrons. The van der Waals surface area contributed by atoms with Crippen LogP contribution < -0.4 is 5.32 Å². The number of benzene rings is 2. The molecule has 3 rings (SSSR count). The lowest BCUT2D eigenvalue weighted by atomic mass is 9.95. The average molecular weight is 453 g/mol. The smallest absolute Gasteiger partial charge is 0.243 e. The molecule has 1 atom stereocenters. The van der Waals surface area contributed by atoms with Crippen molar-refractivity contribution in [2.24, 2.45) is 0 Å². The molecule has 2 aromatic rings. The predicted molar refractivity (Wildman–Crippen MR) is 133 cm³/mol. The van der Waals surface area contributed by atoms with Crippen molar-refractivity contribution in [1.29, 1.82) is 0 Å². The summed E-state index contributed by atoms with van der Waals surface area (Å²) in [5.74, 6) is 1.18. The Kier molecular flexibility index (Phi) is 9.66. The summed E-state index contributed by atoms with van der Waals surface area (Å²) in [6.45, 7) is 4.51. The summed E-state index contributed by atoms with van der Waals surface area (Å²) < 4.78 is 0. The van der Waals surface area contributed by atoms with Crippen LogP contribution in [0.1, 0.15) is 62.1 Å². The van der Waals surface area contributed by atoms with E-state index in [2.05, 4.69) is 36.5 Å². The van der Waals surface area contributed by atoms with E-state index in [9.17, 15) is 9.59 Å². The van der Waals surface area contributed by atoms with Gasteiger partial charge in [0.1, 0.15) is 6.04 Å². The van der Waals surface area contributed by atoms with E-state index >= 15 is 0 Å². The van der Waals surface area contributed by atoms with Gasteiger partial charge in [0.25, 0.3) is 0 Å². The normalized spacial score (nSPS) is 15.2. The molecule has 5 heteroatoms. The summed E-state index contributed by atoms with van der Waals surface area (Å²) in [6, 6.07) is 18.2. The SMILES string of the molecule is CC[C@@H](C(=O)NC1CCCCC1)N(Cc1cccc(C)c1)C(=O)CSCc1ccccc1. The number of aryl methyl sites for hydroxylation is 1. The number of carbonyl (C=O) groups excluding carboxylic acids is 2. The molecule has 0 aliphatic heterocycles. The maximum atomic E-state index is 13.3. The van der Waals surface area contributed by atoms with Gasteiger partial charge in [-0.25, -0.2) is 0 Å². The van der Waals surface area contributed by atoms with Crippen LogP contribution in [-0.2, 0) is 21.9 Å². The van der Waals surface area contributed by atoms with E-state index in [-0.39, 0.29) is 17.9 Å². The van der Waals surface area contributed by atoms with Gasteiger partial charge in [0.2, 0.25) is 11.8 Å². The molecule has 1 aliphatic rings. The highest BCUT2D eigenvalue weighted by Crippen LogP contribution is 2.20. The molecular weight excluding hydrogens is 416 g/mol. The minimum Gasteiger partial charge on any atom is -0.352 e. The molecule has 1 saturated carbocycles. The van der Waals surface area contributed by atoms with Crippen LogP contribution in [0.3, 0.4) is 0 Å². The fraction of sp³-hybridized carbons (Fsp3) is 0.481. The van der Waals surface area contributed by atoms with Gasteiger partial charge in [0.05, 0.1) is 5.75 Å². The second kappa shape index (κ2) is 12.7. The summed E-state index contributed by atoms with van der Waals surface area (Å²) in [5.41, 5.74) is 3.43. The molecule has 0 aromatic heterocycles. The lowest BCUT2D eigenvalue weighted by molar-refractivity contribution is -0.139. The molecule has 0 bridgehead atoms. The van der Waals surface area contributed by atoms with Crippen molar-refractivity contribution >= 4 is 23.6 Å². The number of rotatable bonds is 10. The summed E-state index contributed by atoms with van der Waals surface area (Å²) >= 11 is 1.61. The third-order valence-corrected chi connectivity index (χ3v) is 7.10. The van der Waals surface area contributed by atoms with Crippen LogP contribution in [0, 0.1) is 6.92 Å².